The highest BCUT2D eigenvalue weighted by atomic mass is 32.2. The molecule has 0 radical (unpaired) electrons. The lowest BCUT2D eigenvalue weighted by molar-refractivity contribution is 0.0730. The monoisotopic (exact) mass is 486 g/mol. The zero-order chi connectivity index (χ0) is 23.6. The van der Waals surface area contributed by atoms with Crippen LogP contribution in [0, 0.1) is 13.8 Å². The smallest absolute Gasteiger partial charge is 0.257 e. The Labute approximate surface area is 197 Å². The zero-order valence-electron chi connectivity index (χ0n) is 18.6. The quantitative estimate of drug-likeness (QED) is 0.514. The van der Waals surface area contributed by atoms with Crippen LogP contribution in [0.2, 0.25) is 0 Å². The van der Waals surface area contributed by atoms with Gasteiger partial charge in [-0.2, -0.15) is 4.31 Å². The Morgan fingerprint density at radius 3 is 2.61 bits per heavy atom. The Morgan fingerprint density at radius 1 is 1.24 bits per heavy atom. The minimum atomic E-state index is -3.60. The number of carbonyl (C=O) groups is 1. The highest BCUT2D eigenvalue weighted by Gasteiger charge is 2.26. The molecule has 1 N–H and O–H groups in total. The predicted octanol–water partition coefficient (Wildman–Crippen LogP) is 3.69. The van der Waals surface area contributed by atoms with E-state index >= 15 is 0 Å². The van der Waals surface area contributed by atoms with E-state index in [2.05, 4.69) is 27.5 Å². The molecule has 0 saturated carbocycles. The van der Waals surface area contributed by atoms with E-state index in [1.807, 2.05) is 25.3 Å². The Hall–Kier alpha value is -2.79. The van der Waals surface area contributed by atoms with Crippen LogP contribution in [0.15, 0.2) is 53.3 Å². The summed E-state index contributed by atoms with van der Waals surface area (Å²) in [6.45, 7) is 10.0. The molecule has 174 valence electrons. The number of hydrogen-bond donors (Lipinski definition) is 1. The van der Waals surface area contributed by atoms with Crippen LogP contribution < -0.4 is 5.32 Å². The third-order valence-corrected chi connectivity index (χ3v) is 8.28. The fourth-order valence-corrected chi connectivity index (χ4v) is 5.92. The Kier molecular flexibility index (Phi) is 6.80. The molecule has 1 aliphatic heterocycles. The third kappa shape index (κ3) is 4.79. The minimum absolute atomic E-state index is 0.160. The first kappa shape index (κ1) is 23.4. The molecule has 3 heterocycles. The molecule has 0 atom stereocenters. The number of aryl methyl sites for hydroxylation is 1. The van der Waals surface area contributed by atoms with Gasteiger partial charge in [0.1, 0.15) is 0 Å². The van der Waals surface area contributed by atoms with Crippen LogP contribution in [0.3, 0.4) is 0 Å². The molecular formula is C23H26N4O4S2. The average Bonchev–Trinajstić information content (AvgIpc) is 3.39. The molecule has 1 saturated heterocycles. The maximum absolute atomic E-state index is 12.7. The van der Waals surface area contributed by atoms with Gasteiger partial charge in [0, 0.05) is 47.5 Å². The van der Waals surface area contributed by atoms with Crippen molar-refractivity contribution in [2.75, 3.05) is 31.6 Å². The first-order valence-electron chi connectivity index (χ1n) is 10.5. The summed E-state index contributed by atoms with van der Waals surface area (Å²) in [4.78, 5) is 17.4. The average molecular weight is 487 g/mol. The van der Waals surface area contributed by atoms with Crippen molar-refractivity contribution in [1.82, 2.24) is 13.9 Å². The molecular weight excluding hydrogens is 460 g/mol. The van der Waals surface area contributed by atoms with Gasteiger partial charge in [0.05, 0.1) is 23.8 Å². The second-order valence-corrected chi connectivity index (χ2v) is 10.5. The molecule has 0 aliphatic carbocycles. The number of benzene rings is 1. The molecule has 33 heavy (non-hydrogen) atoms. The number of nitrogens with zero attached hydrogens (tertiary/aromatic N) is 3. The number of allylic oxidation sites excluding steroid dienone is 1. The second kappa shape index (κ2) is 9.60. The first-order chi connectivity index (χ1) is 15.8. The lowest BCUT2D eigenvalue weighted by atomic mass is 10.2. The fraction of sp³-hybridized carbons (Fsp3) is 0.304. The molecule has 1 amide bonds. The van der Waals surface area contributed by atoms with Crippen LogP contribution in [0.4, 0.5) is 5.13 Å². The number of thiazole rings is 1. The topological polar surface area (TPSA) is 93.5 Å². The van der Waals surface area contributed by atoms with Crippen molar-refractivity contribution in [3.8, 4) is 11.3 Å². The summed E-state index contributed by atoms with van der Waals surface area (Å²) in [6.07, 6.45) is 1.86. The maximum atomic E-state index is 12.7. The molecule has 0 unspecified atom stereocenters. The largest absolute Gasteiger partial charge is 0.379 e. The number of anilines is 1. The number of carbonyl (C=O) groups excluding carboxylic acids is 1. The molecule has 0 spiro atoms. The van der Waals surface area contributed by atoms with Crippen LogP contribution in [0.5, 0.6) is 0 Å². The number of sulfonamides is 1. The molecule has 2 aromatic heterocycles. The number of hydrogen-bond acceptors (Lipinski definition) is 6. The van der Waals surface area contributed by atoms with Gasteiger partial charge in [-0.25, -0.2) is 13.4 Å². The summed E-state index contributed by atoms with van der Waals surface area (Å²) >= 11 is 1.34. The summed E-state index contributed by atoms with van der Waals surface area (Å²) in [5.74, 6) is -0.344. The lowest BCUT2D eigenvalue weighted by Gasteiger charge is -2.26. The standard InChI is InChI=1S/C23H26N4O4S2/c1-4-9-27-16(2)14-20(17(27)3)21-15-32-23(24-21)25-22(28)18-5-7-19(8-6-18)33(29,30)26-10-12-31-13-11-26/h4-8,14-15H,1,9-13H2,2-3H3,(H,24,25,28). The molecule has 1 aromatic carbocycles. The maximum Gasteiger partial charge on any atom is 0.257 e. The van der Waals surface area contributed by atoms with Crippen molar-refractivity contribution in [2.24, 2.45) is 0 Å². The second-order valence-electron chi connectivity index (χ2n) is 7.72. The van der Waals surface area contributed by atoms with Gasteiger partial charge in [0.25, 0.3) is 5.91 Å². The van der Waals surface area contributed by atoms with E-state index in [1.54, 1.807) is 0 Å². The SMILES string of the molecule is C=CCn1c(C)cc(-c2csc(NC(=O)c3ccc(S(=O)(=O)N4CCOCC4)cc3)n2)c1C. The summed E-state index contributed by atoms with van der Waals surface area (Å²) < 4.78 is 34.3. The zero-order valence-corrected chi connectivity index (χ0v) is 20.2. The molecule has 10 heteroatoms. The first-order valence-corrected chi connectivity index (χ1v) is 12.9. The predicted molar refractivity (Wildman–Crippen MR) is 129 cm³/mol. The van der Waals surface area contributed by atoms with Crippen molar-refractivity contribution in [3.63, 3.8) is 0 Å². The van der Waals surface area contributed by atoms with Crippen molar-refractivity contribution in [1.29, 1.82) is 0 Å². The third-order valence-electron chi connectivity index (χ3n) is 5.61. The van der Waals surface area contributed by atoms with Crippen LogP contribution in [-0.4, -0.2) is 54.5 Å². The number of rotatable bonds is 7. The highest BCUT2D eigenvalue weighted by Crippen LogP contribution is 2.30. The lowest BCUT2D eigenvalue weighted by Crippen LogP contribution is -2.40. The van der Waals surface area contributed by atoms with E-state index in [1.165, 1.54) is 39.9 Å². The normalized spacial score (nSPS) is 14.8. The van der Waals surface area contributed by atoms with E-state index in [4.69, 9.17) is 4.74 Å². The Bertz CT molecular complexity index is 1270. The molecule has 1 fully saturated rings. The van der Waals surface area contributed by atoms with E-state index in [0.29, 0.717) is 37.0 Å². The molecule has 0 bridgehead atoms. The number of morpholine rings is 1. The molecule has 4 rings (SSSR count). The van der Waals surface area contributed by atoms with Crippen LogP contribution in [0.1, 0.15) is 21.7 Å². The van der Waals surface area contributed by atoms with E-state index < -0.39 is 10.0 Å². The highest BCUT2D eigenvalue weighted by molar-refractivity contribution is 7.89. The Balaban J connectivity index is 1.47. The molecule has 1 aliphatic rings. The molecule has 8 nitrogen and oxygen atoms in total. The fourth-order valence-electron chi connectivity index (χ4n) is 3.81. The number of aromatic nitrogens is 2. The van der Waals surface area contributed by atoms with Gasteiger partial charge in [-0.15, -0.1) is 17.9 Å². The van der Waals surface area contributed by atoms with Crippen LogP contribution >= 0.6 is 11.3 Å². The van der Waals surface area contributed by atoms with Crippen molar-refractivity contribution < 1.29 is 17.9 Å². The summed E-state index contributed by atoms with van der Waals surface area (Å²) in [5.41, 5.74) is 4.38. The summed E-state index contributed by atoms with van der Waals surface area (Å²) in [5, 5.41) is 5.20. The number of nitrogens with one attached hydrogen (secondary N) is 1. The van der Waals surface area contributed by atoms with Gasteiger partial charge in [-0.05, 0) is 44.2 Å². The summed E-state index contributed by atoms with van der Waals surface area (Å²) in [7, 11) is -3.60. The van der Waals surface area contributed by atoms with Gasteiger partial charge < -0.3 is 9.30 Å². The van der Waals surface area contributed by atoms with Crippen LogP contribution in [0.25, 0.3) is 11.3 Å². The van der Waals surface area contributed by atoms with E-state index in [9.17, 15) is 13.2 Å². The van der Waals surface area contributed by atoms with Crippen LogP contribution in [-0.2, 0) is 21.3 Å². The van der Waals surface area contributed by atoms with Gasteiger partial charge in [-0.3, -0.25) is 10.1 Å². The van der Waals surface area contributed by atoms with Crippen molar-refractivity contribution in [3.05, 3.63) is 65.3 Å². The van der Waals surface area contributed by atoms with Gasteiger partial charge in [0.2, 0.25) is 10.0 Å². The van der Waals surface area contributed by atoms with Crippen molar-refractivity contribution in [2.45, 2.75) is 25.3 Å². The summed E-state index contributed by atoms with van der Waals surface area (Å²) in [6, 6.07) is 8.02. The molecule has 3 aromatic rings. The number of ether oxygens (including phenoxy) is 1. The van der Waals surface area contributed by atoms with E-state index in [0.717, 1.165) is 29.2 Å². The minimum Gasteiger partial charge on any atom is -0.379 e. The van der Waals surface area contributed by atoms with E-state index in [-0.39, 0.29) is 10.8 Å². The van der Waals surface area contributed by atoms with Gasteiger partial charge in [0.15, 0.2) is 5.13 Å². The van der Waals surface area contributed by atoms with Gasteiger partial charge in [-0.1, -0.05) is 6.08 Å². The number of amides is 1. The van der Waals surface area contributed by atoms with Gasteiger partial charge >= 0.3 is 0 Å². The Morgan fingerprint density at radius 2 is 1.94 bits per heavy atom. The van der Waals surface area contributed by atoms with Crippen molar-refractivity contribution >= 4 is 32.4 Å².